The van der Waals surface area contributed by atoms with Gasteiger partial charge in [0.25, 0.3) is 0 Å². The number of benzene rings is 1. The van der Waals surface area contributed by atoms with E-state index in [2.05, 4.69) is 10.3 Å². The Balaban J connectivity index is 0.00000320. The van der Waals surface area contributed by atoms with Crippen LogP contribution in [0, 0.1) is 0 Å². The van der Waals surface area contributed by atoms with E-state index < -0.39 is 5.91 Å². The number of aromatic nitrogens is 1. The quantitative estimate of drug-likeness (QED) is 0.668. The van der Waals surface area contributed by atoms with E-state index in [0.717, 1.165) is 38.0 Å². The van der Waals surface area contributed by atoms with Crippen molar-refractivity contribution in [3.05, 3.63) is 59.9 Å². The van der Waals surface area contributed by atoms with Crippen molar-refractivity contribution in [1.82, 2.24) is 15.2 Å². The molecular formula is C22H29ClN4O3. The van der Waals surface area contributed by atoms with Gasteiger partial charge in [-0.3, -0.25) is 14.6 Å². The molecular weight excluding hydrogens is 404 g/mol. The summed E-state index contributed by atoms with van der Waals surface area (Å²) in [5, 5.41) is 3.40. The summed E-state index contributed by atoms with van der Waals surface area (Å²) in [7, 11) is 0. The van der Waals surface area contributed by atoms with Crippen LogP contribution in [0.3, 0.4) is 0 Å². The predicted octanol–water partition coefficient (Wildman–Crippen LogP) is 2.54. The lowest BCUT2D eigenvalue weighted by Crippen LogP contribution is -2.41. The van der Waals surface area contributed by atoms with Gasteiger partial charge in [-0.15, -0.1) is 12.4 Å². The van der Waals surface area contributed by atoms with Gasteiger partial charge in [0, 0.05) is 17.8 Å². The number of nitrogens with zero attached hydrogens (tertiary/aromatic N) is 2. The van der Waals surface area contributed by atoms with Crippen LogP contribution in [0.1, 0.15) is 41.7 Å². The van der Waals surface area contributed by atoms with E-state index in [4.69, 9.17) is 10.5 Å². The topological polar surface area (TPSA) is 97.6 Å². The molecule has 0 bridgehead atoms. The molecule has 0 saturated carbocycles. The smallest absolute Gasteiger partial charge is 0.248 e. The number of ether oxygens (including phenoxy) is 1. The maximum Gasteiger partial charge on any atom is 0.248 e. The lowest BCUT2D eigenvalue weighted by Gasteiger charge is -2.31. The van der Waals surface area contributed by atoms with Crippen molar-refractivity contribution < 1.29 is 14.3 Å². The van der Waals surface area contributed by atoms with Crippen LogP contribution in [-0.2, 0) is 11.3 Å². The Hall–Kier alpha value is -2.64. The highest BCUT2D eigenvalue weighted by molar-refractivity contribution is 5.93. The van der Waals surface area contributed by atoms with E-state index in [1.807, 2.05) is 23.1 Å². The van der Waals surface area contributed by atoms with Gasteiger partial charge in [-0.25, -0.2) is 0 Å². The standard InChI is InChI=1S/C22H28N4O3.ClH/c23-22(28)17-5-3-8-20(15-17)29-14-10-21(27)26(16-18-6-1-2-12-25-18)19-7-4-11-24-13-9-19;/h1-3,5-6,8,12,15,19,24H,4,7,9-11,13-14,16H2,(H2,23,28);1H. The van der Waals surface area contributed by atoms with Crippen molar-refractivity contribution >= 4 is 24.2 Å². The van der Waals surface area contributed by atoms with Gasteiger partial charge in [-0.05, 0) is 62.7 Å². The first kappa shape index (κ1) is 23.6. The van der Waals surface area contributed by atoms with Crippen LogP contribution in [-0.4, -0.2) is 47.4 Å². The summed E-state index contributed by atoms with van der Waals surface area (Å²) in [6.07, 6.45) is 4.97. The second-order valence-corrected chi connectivity index (χ2v) is 7.17. The molecule has 3 N–H and O–H groups in total. The summed E-state index contributed by atoms with van der Waals surface area (Å²) < 4.78 is 5.70. The zero-order valence-corrected chi connectivity index (χ0v) is 17.8. The molecule has 1 unspecified atom stereocenters. The Labute approximate surface area is 183 Å². The van der Waals surface area contributed by atoms with Gasteiger partial charge in [-0.1, -0.05) is 12.1 Å². The number of carbonyl (C=O) groups is 2. The average Bonchev–Trinajstić information content (AvgIpc) is 3.02. The SMILES string of the molecule is Cl.NC(=O)c1cccc(OCCC(=O)N(Cc2ccccn2)C2CCCNCC2)c1. The summed E-state index contributed by atoms with van der Waals surface area (Å²) in [6.45, 7) is 2.64. The highest BCUT2D eigenvalue weighted by Gasteiger charge is 2.25. The molecule has 0 spiro atoms. The van der Waals surface area contributed by atoms with E-state index in [0.29, 0.717) is 17.9 Å². The number of rotatable bonds is 8. The van der Waals surface area contributed by atoms with Crippen molar-refractivity contribution in [2.24, 2.45) is 5.73 Å². The van der Waals surface area contributed by atoms with Gasteiger partial charge in [-0.2, -0.15) is 0 Å². The summed E-state index contributed by atoms with van der Waals surface area (Å²) in [5.41, 5.74) is 6.57. The van der Waals surface area contributed by atoms with Crippen LogP contribution in [0.25, 0.3) is 0 Å². The number of hydrogen-bond acceptors (Lipinski definition) is 5. The van der Waals surface area contributed by atoms with Crippen molar-refractivity contribution in [1.29, 1.82) is 0 Å². The zero-order valence-electron chi connectivity index (χ0n) is 17.0. The number of pyridine rings is 1. The van der Waals surface area contributed by atoms with Gasteiger partial charge in [0.2, 0.25) is 11.8 Å². The molecule has 1 fully saturated rings. The molecule has 1 aliphatic heterocycles. The fourth-order valence-corrected chi connectivity index (χ4v) is 3.54. The number of nitrogens with one attached hydrogen (secondary N) is 1. The summed E-state index contributed by atoms with van der Waals surface area (Å²) in [6, 6.07) is 12.6. The Kier molecular flexibility index (Phi) is 9.57. The Morgan fingerprint density at radius 2 is 2.03 bits per heavy atom. The Bertz CT molecular complexity index is 811. The molecule has 30 heavy (non-hydrogen) atoms. The van der Waals surface area contributed by atoms with Crippen LogP contribution in [0.4, 0.5) is 0 Å². The maximum absolute atomic E-state index is 13.0. The summed E-state index contributed by atoms with van der Waals surface area (Å²) >= 11 is 0. The lowest BCUT2D eigenvalue weighted by atomic mass is 10.1. The number of hydrogen-bond donors (Lipinski definition) is 2. The van der Waals surface area contributed by atoms with Gasteiger partial charge in [0.1, 0.15) is 5.75 Å². The molecule has 1 aliphatic rings. The second-order valence-electron chi connectivity index (χ2n) is 7.17. The second kappa shape index (κ2) is 12.1. The highest BCUT2D eigenvalue weighted by atomic mass is 35.5. The van der Waals surface area contributed by atoms with Crippen LogP contribution < -0.4 is 15.8 Å². The van der Waals surface area contributed by atoms with Gasteiger partial charge in [0.05, 0.1) is 25.3 Å². The molecule has 2 amide bonds. The minimum Gasteiger partial charge on any atom is -0.493 e. The van der Waals surface area contributed by atoms with Crippen molar-refractivity contribution in [3.63, 3.8) is 0 Å². The van der Waals surface area contributed by atoms with Crippen LogP contribution in [0.15, 0.2) is 48.7 Å². The number of carbonyl (C=O) groups excluding carboxylic acids is 2. The van der Waals surface area contributed by atoms with Gasteiger partial charge >= 0.3 is 0 Å². The molecule has 8 heteroatoms. The molecule has 1 aromatic heterocycles. The molecule has 2 heterocycles. The molecule has 1 saturated heterocycles. The number of primary amides is 1. The first-order chi connectivity index (χ1) is 14.1. The molecule has 0 radical (unpaired) electrons. The van der Waals surface area contributed by atoms with E-state index in [1.54, 1.807) is 30.5 Å². The number of amides is 2. The number of nitrogens with two attached hydrogens (primary N) is 1. The van der Waals surface area contributed by atoms with Crippen LogP contribution in [0.5, 0.6) is 5.75 Å². The molecule has 1 aromatic carbocycles. The summed E-state index contributed by atoms with van der Waals surface area (Å²) in [5.74, 6) is 0.0766. The molecule has 2 aromatic rings. The fourth-order valence-electron chi connectivity index (χ4n) is 3.54. The third-order valence-electron chi connectivity index (χ3n) is 5.07. The molecule has 162 valence electrons. The van der Waals surface area contributed by atoms with E-state index >= 15 is 0 Å². The first-order valence-electron chi connectivity index (χ1n) is 10.1. The van der Waals surface area contributed by atoms with E-state index in [-0.39, 0.29) is 37.4 Å². The van der Waals surface area contributed by atoms with Gasteiger partial charge in [0.15, 0.2) is 0 Å². The van der Waals surface area contributed by atoms with Crippen LogP contribution >= 0.6 is 12.4 Å². The third kappa shape index (κ3) is 7.00. The van der Waals surface area contributed by atoms with E-state index in [1.165, 1.54) is 0 Å². The summed E-state index contributed by atoms with van der Waals surface area (Å²) in [4.78, 5) is 30.7. The monoisotopic (exact) mass is 432 g/mol. The molecule has 1 atom stereocenters. The fraction of sp³-hybridized carbons (Fsp3) is 0.409. The first-order valence-corrected chi connectivity index (χ1v) is 10.1. The highest BCUT2D eigenvalue weighted by Crippen LogP contribution is 2.18. The zero-order chi connectivity index (χ0) is 20.5. The molecule has 3 rings (SSSR count). The van der Waals surface area contributed by atoms with E-state index in [9.17, 15) is 9.59 Å². The Morgan fingerprint density at radius 1 is 1.17 bits per heavy atom. The molecule has 7 nitrogen and oxygen atoms in total. The third-order valence-corrected chi connectivity index (χ3v) is 5.07. The van der Waals surface area contributed by atoms with Crippen molar-refractivity contribution in [2.75, 3.05) is 19.7 Å². The normalized spacial score (nSPS) is 16.1. The van der Waals surface area contributed by atoms with Crippen molar-refractivity contribution in [2.45, 2.75) is 38.3 Å². The minimum atomic E-state index is -0.505. The van der Waals surface area contributed by atoms with Gasteiger partial charge < -0.3 is 20.7 Å². The predicted molar refractivity (Wildman–Crippen MR) is 118 cm³/mol. The average molecular weight is 433 g/mol. The largest absolute Gasteiger partial charge is 0.493 e. The Morgan fingerprint density at radius 3 is 2.80 bits per heavy atom. The van der Waals surface area contributed by atoms with Crippen molar-refractivity contribution in [3.8, 4) is 5.75 Å². The lowest BCUT2D eigenvalue weighted by molar-refractivity contribution is -0.135. The maximum atomic E-state index is 13.0. The number of halogens is 1. The van der Waals surface area contributed by atoms with Crippen LogP contribution in [0.2, 0.25) is 0 Å². The molecule has 0 aliphatic carbocycles. The minimum absolute atomic E-state index is 0.